The van der Waals surface area contributed by atoms with Gasteiger partial charge in [0.15, 0.2) is 6.61 Å². The second-order valence-electron chi connectivity index (χ2n) is 6.61. The molecule has 0 radical (unpaired) electrons. The first-order valence-corrected chi connectivity index (χ1v) is 9.85. The second kappa shape index (κ2) is 9.04. The lowest BCUT2D eigenvalue weighted by Gasteiger charge is -2.22. The fourth-order valence-electron chi connectivity index (χ4n) is 3.05. The first kappa shape index (κ1) is 19.4. The topological polar surface area (TPSA) is 49.9 Å². The number of benzene rings is 2. The van der Waals surface area contributed by atoms with Crippen LogP contribution >= 0.6 is 15.9 Å². The molecule has 1 fully saturated rings. The van der Waals surface area contributed by atoms with E-state index < -0.39 is 0 Å². The van der Waals surface area contributed by atoms with Crippen molar-refractivity contribution in [2.75, 3.05) is 32.8 Å². The molecule has 2 aromatic rings. The molecule has 1 heterocycles. The number of rotatable bonds is 4. The number of carbonyl (C=O) groups excluding carboxylic acids is 2. The zero-order chi connectivity index (χ0) is 19.2. The first-order valence-electron chi connectivity index (χ1n) is 9.05. The highest BCUT2D eigenvalue weighted by Gasteiger charge is 2.24. The molecule has 1 aliphatic heterocycles. The molecule has 1 saturated heterocycles. The lowest BCUT2D eigenvalue weighted by molar-refractivity contribution is -0.133. The molecule has 1 aliphatic rings. The van der Waals surface area contributed by atoms with E-state index in [1.54, 1.807) is 4.90 Å². The van der Waals surface area contributed by atoms with Gasteiger partial charge in [0.05, 0.1) is 5.56 Å². The first-order chi connectivity index (χ1) is 13.0. The Morgan fingerprint density at radius 2 is 1.63 bits per heavy atom. The predicted molar refractivity (Wildman–Crippen MR) is 108 cm³/mol. The number of carbonyl (C=O) groups is 2. The van der Waals surface area contributed by atoms with Crippen molar-refractivity contribution < 1.29 is 14.3 Å². The van der Waals surface area contributed by atoms with E-state index in [2.05, 4.69) is 15.9 Å². The number of halogens is 1. The van der Waals surface area contributed by atoms with Crippen LogP contribution in [0.1, 0.15) is 22.3 Å². The van der Waals surface area contributed by atoms with Crippen molar-refractivity contribution in [3.05, 3.63) is 64.1 Å². The number of aryl methyl sites for hydroxylation is 1. The second-order valence-corrected chi connectivity index (χ2v) is 7.46. The van der Waals surface area contributed by atoms with Crippen molar-refractivity contribution in [3.8, 4) is 5.75 Å². The largest absolute Gasteiger partial charge is 0.484 e. The van der Waals surface area contributed by atoms with Crippen molar-refractivity contribution in [2.45, 2.75) is 13.3 Å². The summed E-state index contributed by atoms with van der Waals surface area (Å²) in [5, 5.41) is 0. The molecule has 5 nitrogen and oxygen atoms in total. The molecule has 0 spiro atoms. The van der Waals surface area contributed by atoms with Crippen LogP contribution in [0, 0.1) is 6.92 Å². The lowest BCUT2D eigenvalue weighted by Crippen LogP contribution is -2.39. The zero-order valence-electron chi connectivity index (χ0n) is 15.4. The van der Waals surface area contributed by atoms with E-state index in [4.69, 9.17) is 4.74 Å². The van der Waals surface area contributed by atoms with Gasteiger partial charge in [0, 0.05) is 30.7 Å². The van der Waals surface area contributed by atoms with Gasteiger partial charge in [0.2, 0.25) is 0 Å². The Kier molecular flexibility index (Phi) is 6.50. The van der Waals surface area contributed by atoms with Gasteiger partial charge in [-0.2, -0.15) is 0 Å². The molecule has 6 heteroatoms. The number of amides is 2. The smallest absolute Gasteiger partial charge is 0.260 e. The molecule has 0 aliphatic carbocycles. The predicted octanol–water partition coefficient (Wildman–Crippen LogP) is 3.51. The van der Waals surface area contributed by atoms with Crippen LogP contribution in [0.4, 0.5) is 0 Å². The highest BCUT2D eigenvalue weighted by atomic mass is 79.9. The summed E-state index contributed by atoms with van der Waals surface area (Å²) < 4.78 is 6.39. The lowest BCUT2D eigenvalue weighted by atomic mass is 10.2. The molecule has 0 atom stereocenters. The van der Waals surface area contributed by atoms with Crippen LogP contribution in [0.5, 0.6) is 5.75 Å². The molecular formula is C21H23BrN2O3. The van der Waals surface area contributed by atoms with Crippen LogP contribution in [-0.4, -0.2) is 54.4 Å². The molecule has 2 aromatic carbocycles. The molecule has 142 valence electrons. The summed E-state index contributed by atoms with van der Waals surface area (Å²) in [7, 11) is 0. The number of hydrogen-bond donors (Lipinski definition) is 0. The van der Waals surface area contributed by atoms with Crippen molar-refractivity contribution in [1.82, 2.24) is 9.80 Å². The third kappa shape index (κ3) is 5.10. The van der Waals surface area contributed by atoms with E-state index in [-0.39, 0.29) is 18.4 Å². The molecule has 0 bridgehead atoms. The van der Waals surface area contributed by atoms with E-state index in [0.29, 0.717) is 37.5 Å². The standard InChI is InChI=1S/C21H23BrN2O3/c1-16-7-9-17(10-8-16)27-15-20(25)23-11-4-12-24(14-13-23)21(26)18-5-2-3-6-19(18)22/h2-3,5-10H,4,11-15H2,1H3. The number of nitrogens with zero attached hydrogens (tertiary/aromatic N) is 2. The molecule has 0 saturated carbocycles. The van der Waals surface area contributed by atoms with Crippen LogP contribution in [0.2, 0.25) is 0 Å². The van der Waals surface area contributed by atoms with E-state index in [9.17, 15) is 9.59 Å². The Morgan fingerprint density at radius 1 is 0.963 bits per heavy atom. The molecule has 0 N–H and O–H groups in total. The van der Waals surface area contributed by atoms with Gasteiger partial charge in [0.25, 0.3) is 11.8 Å². The number of ether oxygens (including phenoxy) is 1. The normalized spacial score (nSPS) is 14.6. The zero-order valence-corrected chi connectivity index (χ0v) is 16.9. The van der Waals surface area contributed by atoms with Gasteiger partial charge in [0.1, 0.15) is 5.75 Å². The van der Waals surface area contributed by atoms with Gasteiger partial charge in [-0.25, -0.2) is 0 Å². The summed E-state index contributed by atoms with van der Waals surface area (Å²) in [6.45, 7) is 4.34. The van der Waals surface area contributed by atoms with Crippen LogP contribution in [-0.2, 0) is 4.79 Å². The molecule has 3 rings (SSSR count). The Hall–Kier alpha value is -2.34. The highest BCUT2D eigenvalue weighted by Crippen LogP contribution is 2.19. The summed E-state index contributed by atoms with van der Waals surface area (Å²) in [4.78, 5) is 28.8. The Balaban J connectivity index is 1.54. The minimum Gasteiger partial charge on any atom is -0.484 e. The third-order valence-corrected chi connectivity index (χ3v) is 5.31. The Labute approximate surface area is 168 Å². The van der Waals surface area contributed by atoms with Crippen LogP contribution in [0.25, 0.3) is 0 Å². The van der Waals surface area contributed by atoms with Crippen LogP contribution in [0.3, 0.4) is 0 Å². The van der Waals surface area contributed by atoms with Crippen molar-refractivity contribution in [3.63, 3.8) is 0 Å². The van der Waals surface area contributed by atoms with Gasteiger partial charge in [-0.3, -0.25) is 9.59 Å². The van der Waals surface area contributed by atoms with Gasteiger partial charge >= 0.3 is 0 Å². The third-order valence-electron chi connectivity index (χ3n) is 4.62. The Bertz CT molecular complexity index is 807. The maximum absolute atomic E-state index is 12.8. The minimum absolute atomic E-state index is 0.00678. The summed E-state index contributed by atoms with van der Waals surface area (Å²) in [6.07, 6.45) is 0.756. The van der Waals surface area contributed by atoms with E-state index in [0.717, 1.165) is 16.5 Å². The van der Waals surface area contributed by atoms with Crippen LogP contribution < -0.4 is 4.74 Å². The molecule has 27 heavy (non-hydrogen) atoms. The van der Waals surface area contributed by atoms with E-state index in [1.807, 2.05) is 60.4 Å². The minimum atomic E-state index is -0.0502. The summed E-state index contributed by atoms with van der Waals surface area (Å²) in [6, 6.07) is 15.1. The quantitative estimate of drug-likeness (QED) is 0.745. The summed E-state index contributed by atoms with van der Waals surface area (Å²) in [5.74, 6) is 0.632. The highest BCUT2D eigenvalue weighted by molar-refractivity contribution is 9.10. The summed E-state index contributed by atoms with van der Waals surface area (Å²) >= 11 is 3.44. The Morgan fingerprint density at radius 3 is 2.37 bits per heavy atom. The van der Waals surface area contributed by atoms with Gasteiger partial charge in [-0.1, -0.05) is 29.8 Å². The van der Waals surface area contributed by atoms with Gasteiger partial charge in [-0.15, -0.1) is 0 Å². The van der Waals surface area contributed by atoms with E-state index >= 15 is 0 Å². The molecule has 0 unspecified atom stereocenters. The van der Waals surface area contributed by atoms with Gasteiger partial charge in [-0.05, 0) is 53.5 Å². The maximum atomic E-state index is 12.8. The SMILES string of the molecule is Cc1ccc(OCC(=O)N2CCCN(C(=O)c3ccccc3Br)CC2)cc1. The van der Waals surface area contributed by atoms with E-state index in [1.165, 1.54) is 0 Å². The van der Waals surface area contributed by atoms with Crippen molar-refractivity contribution >= 4 is 27.7 Å². The number of hydrogen-bond acceptors (Lipinski definition) is 3. The maximum Gasteiger partial charge on any atom is 0.260 e. The molecular weight excluding hydrogens is 408 g/mol. The van der Waals surface area contributed by atoms with Crippen LogP contribution in [0.15, 0.2) is 53.0 Å². The molecule has 2 amide bonds. The average Bonchev–Trinajstić information content (AvgIpc) is 2.93. The monoisotopic (exact) mass is 430 g/mol. The van der Waals surface area contributed by atoms with Crippen molar-refractivity contribution in [2.24, 2.45) is 0 Å². The van der Waals surface area contributed by atoms with Gasteiger partial charge < -0.3 is 14.5 Å². The average molecular weight is 431 g/mol. The summed E-state index contributed by atoms with van der Waals surface area (Å²) in [5.41, 5.74) is 1.80. The van der Waals surface area contributed by atoms with Crippen molar-refractivity contribution in [1.29, 1.82) is 0 Å². The fraction of sp³-hybridized carbons (Fsp3) is 0.333. The molecule has 0 aromatic heterocycles. The fourth-order valence-corrected chi connectivity index (χ4v) is 3.50.